The van der Waals surface area contributed by atoms with Crippen molar-refractivity contribution in [2.24, 2.45) is 5.92 Å². The van der Waals surface area contributed by atoms with E-state index < -0.39 is 0 Å². The lowest BCUT2D eigenvalue weighted by Crippen LogP contribution is -2.49. The molecule has 21 heavy (non-hydrogen) atoms. The molecule has 3 fully saturated rings. The second-order valence-corrected chi connectivity index (χ2v) is 6.34. The number of carbonyl (C=O) groups is 1. The molecule has 1 amide bonds. The van der Waals surface area contributed by atoms with Gasteiger partial charge in [-0.2, -0.15) is 0 Å². The molecule has 6 heteroatoms. The van der Waals surface area contributed by atoms with Crippen molar-refractivity contribution in [2.45, 2.75) is 31.7 Å². The van der Waals surface area contributed by atoms with Crippen molar-refractivity contribution in [1.82, 2.24) is 15.1 Å². The Kier molecular flexibility index (Phi) is 6.74. The first kappa shape index (κ1) is 17.0. The first-order chi connectivity index (χ1) is 9.83. The zero-order valence-corrected chi connectivity index (χ0v) is 13.6. The van der Waals surface area contributed by atoms with E-state index in [4.69, 9.17) is 4.74 Å². The Morgan fingerprint density at radius 1 is 1.14 bits per heavy atom. The molecule has 2 heterocycles. The Hall–Kier alpha value is -0.360. The number of hydrogen-bond acceptors (Lipinski definition) is 4. The van der Waals surface area contributed by atoms with Crippen LogP contribution in [0.5, 0.6) is 0 Å². The van der Waals surface area contributed by atoms with E-state index in [1.165, 1.54) is 12.8 Å². The van der Waals surface area contributed by atoms with Crippen molar-refractivity contribution in [3.8, 4) is 0 Å². The molecular weight excluding hydrogens is 290 g/mol. The van der Waals surface area contributed by atoms with Gasteiger partial charge in [-0.15, -0.1) is 12.4 Å². The van der Waals surface area contributed by atoms with E-state index >= 15 is 0 Å². The van der Waals surface area contributed by atoms with Gasteiger partial charge in [0.2, 0.25) is 5.91 Å². The Bertz CT molecular complexity index is 333. The fraction of sp³-hybridized carbons (Fsp3) is 0.933. The highest BCUT2D eigenvalue weighted by molar-refractivity contribution is 5.85. The van der Waals surface area contributed by atoms with Gasteiger partial charge in [0.05, 0.1) is 13.0 Å². The van der Waals surface area contributed by atoms with E-state index in [-0.39, 0.29) is 18.3 Å². The van der Waals surface area contributed by atoms with Crippen LogP contribution in [0.4, 0.5) is 0 Å². The number of rotatable bonds is 6. The molecule has 0 spiro atoms. The van der Waals surface area contributed by atoms with E-state index in [0.29, 0.717) is 19.1 Å². The highest BCUT2D eigenvalue weighted by Gasteiger charge is 2.30. The number of halogens is 1. The number of hydrogen-bond donors (Lipinski definition) is 1. The summed E-state index contributed by atoms with van der Waals surface area (Å²) in [6, 6.07) is 0.577. The van der Waals surface area contributed by atoms with Crippen LogP contribution in [0.25, 0.3) is 0 Å². The SMILES string of the molecule is Cl.O=C(CCOCC1CC1)N1CCC(N2CCNCC2)C1. The smallest absolute Gasteiger partial charge is 0.224 e. The molecule has 0 aromatic rings. The average molecular weight is 318 g/mol. The minimum atomic E-state index is 0. The van der Waals surface area contributed by atoms with Crippen LogP contribution in [0.3, 0.4) is 0 Å². The van der Waals surface area contributed by atoms with E-state index in [1.807, 2.05) is 4.90 Å². The van der Waals surface area contributed by atoms with Crippen LogP contribution in [-0.4, -0.2) is 74.2 Å². The molecule has 1 atom stereocenters. The molecule has 0 bridgehead atoms. The molecule has 1 unspecified atom stereocenters. The maximum Gasteiger partial charge on any atom is 0.224 e. The molecule has 2 aliphatic heterocycles. The molecule has 5 nitrogen and oxygen atoms in total. The van der Waals surface area contributed by atoms with Gasteiger partial charge in [-0.05, 0) is 25.2 Å². The van der Waals surface area contributed by atoms with Gasteiger partial charge in [0.15, 0.2) is 0 Å². The first-order valence-corrected chi connectivity index (χ1v) is 8.13. The average Bonchev–Trinajstić information content (AvgIpc) is 3.18. The van der Waals surface area contributed by atoms with E-state index in [2.05, 4.69) is 10.2 Å². The quantitative estimate of drug-likeness (QED) is 0.734. The highest BCUT2D eigenvalue weighted by atomic mass is 35.5. The summed E-state index contributed by atoms with van der Waals surface area (Å²) in [5.41, 5.74) is 0. The van der Waals surface area contributed by atoms with Crippen molar-refractivity contribution in [3.63, 3.8) is 0 Å². The fourth-order valence-electron chi connectivity index (χ4n) is 3.17. The van der Waals surface area contributed by atoms with Gasteiger partial charge in [-0.1, -0.05) is 0 Å². The highest BCUT2D eigenvalue weighted by Crippen LogP contribution is 2.28. The molecule has 122 valence electrons. The second-order valence-electron chi connectivity index (χ2n) is 6.34. The summed E-state index contributed by atoms with van der Waals surface area (Å²) >= 11 is 0. The summed E-state index contributed by atoms with van der Waals surface area (Å²) in [7, 11) is 0. The van der Waals surface area contributed by atoms with E-state index in [1.54, 1.807) is 0 Å². The number of carbonyl (C=O) groups excluding carboxylic acids is 1. The standard InChI is InChI=1S/C15H27N3O2.ClH/c19-15(4-10-20-12-13-1-2-13)18-7-3-14(11-18)17-8-5-16-6-9-17;/h13-14,16H,1-12H2;1H. The largest absolute Gasteiger partial charge is 0.381 e. The summed E-state index contributed by atoms with van der Waals surface area (Å²) in [5.74, 6) is 1.06. The Labute approximate surface area is 133 Å². The lowest BCUT2D eigenvalue weighted by molar-refractivity contribution is -0.131. The van der Waals surface area contributed by atoms with Crippen LogP contribution in [0.15, 0.2) is 0 Å². The van der Waals surface area contributed by atoms with Crippen molar-refractivity contribution in [2.75, 3.05) is 52.5 Å². The molecule has 1 aliphatic carbocycles. The van der Waals surface area contributed by atoms with E-state index in [0.717, 1.165) is 58.2 Å². The summed E-state index contributed by atoms with van der Waals surface area (Å²) in [4.78, 5) is 16.7. The molecule has 3 aliphatic rings. The number of likely N-dealkylation sites (tertiary alicyclic amines) is 1. The monoisotopic (exact) mass is 317 g/mol. The lowest BCUT2D eigenvalue weighted by atomic mass is 10.2. The normalized spacial score (nSPS) is 26.7. The Morgan fingerprint density at radius 3 is 2.62 bits per heavy atom. The third kappa shape index (κ3) is 5.09. The van der Waals surface area contributed by atoms with Crippen LogP contribution in [-0.2, 0) is 9.53 Å². The lowest BCUT2D eigenvalue weighted by Gasteiger charge is -2.32. The zero-order chi connectivity index (χ0) is 13.8. The van der Waals surface area contributed by atoms with Crippen molar-refractivity contribution in [1.29, 1.82) is 0 Å². The van der Waals surface area contributed by atoms with Gasteiger partial charge in [0, 0.05) is 51.9 Å². The topological polar surface area (TPSA) is 44.8 Å². The zero-order valence-electron chi connectivity index (χ0n) is 12.8. The van der Waals surface area contributed by atoms with Gasteiger partial charge in [0.1, 0.15) is 0 Å². The molecule has 0 aromatic heterocycles. The summed E-state index contributed by atoms with van der Waals surface area (Å²) in [6.07, 6.45) is 4.31. The molecule has 0 radical (unpaired) electrons. The van der Waals surface area contributed by atoms with Crippen molar-refractivity contribution < 1.29 is 9.53 Å². The van der Waals surface area contributed by atoms with Gasteiger partial charge in [-0.25, -0.2) is 0 Å². The fourth-order valence-corrected chi connectivity index (χ4v) is 3.17. The number of ether oxygens (including phenoxy) is 1. The Morgan fingerprint density at radius 2 is 1.90 bits per heavy atom. The van der Waals surface area contributed by atoms with Crippen molar-refractivity contribution in [3.05, 3.63) is 0 Å². The van der Waals surface area contributed by atoms with Crippen LogP contribution >= 0.6 is 12.4 Å². The minimum absolute atomic E-state index is 0. The summed E-state index contributed by atoms with van der Waals surface area (Å²) < 4.78 is 5.56. The molecule has 1 N–H and O–H groups in total. The minimum Gasteiger partial charge on any atom is -0.381 e. The summed E-state index contributed by atoms with van der Waals surface area (Å²) in [5, 5.41) is 3.38. The third-order valence-electron chi connectivity index (χ3n) is 4.69. The molecule has 3 rings (SSSR count). The molecule has 1 saturated carbocycles. The number of amides is 1. The maximum atomic E-state index is 12.1. The third-order valence-corrected chi connectivity index (χ3v) is 4.69. The molecular formula is C15H28ClN3O2. The van der Waals surface area contributed by atoms with Crippen LogP contribution in [0.2, 0.25) is 0 Å². The first-order valence-electron chi connectivity index (χ1n) is 8.13. The molecule has 0 aromatic carbocycles. The molecule has 2 saturated heterocycles. The van der Waals surface area contributed by atoms with Gasteiger partial charge in [-0.3, -0.25) is 9.69 Å². The summed E-state index contributed by atoms with van der Waals surface area (Å²) in [6.45, 7) is 7.71. The van der Waals surface area contributed by atoms with Gasteiger partial charge in [0.25, 0.3) is 0 Å². The number of nitrogens with one attached hydrogen (secondary N) is 1. The predicted molar refractivity (Wildman–Crippen MR) is 84.8 cm³/mol. The number of nitrogens with zero attached hydrogens (tertiary/aromatic N) is 2. The van der Waals surface area contributed by atoms with Crippen molar-refractivity contribution >= 4 is 18.3 Å². The van der Waals surface area contributed by atoms with Gasteiger partial charge >= 0.3 is 0 Å². The second kappa shape index (κ2) is 8.32. The van der Waals surface area contributed by atoms with Crippen LogP contribution in [0.1, 0.15) is 25.7 Å². The van der Waals surface area contributed by atoms with Gasteiger partial charge < -0.3 is 15.0 Å². The maximum absolute atomic E-state index is 12.1. The number of piperazine rings is 1. The van der Waals surface area contributed by atoms with E-state index in [9.17, 15) is 4.79 Å². The Balaban J connectivity index is 0.00000161. The van der Waals surface area contributed by atoms with Crippen LogP contribution in [0, 0.1) is 5.92 Å². The predicted octanol–water partition coefficient (Wildman–Crippen LogP) is 0.731. The van der Waals surface area contributed by atoms with Crippen LogP contribution < -0.4 is 5.32 Å².